The predicted molar refractivity (Wildman–Crippen MR) is 162 cm³/mol. The van der Waals surface area contributed by atoms with Gasteiger partial charge in [0.2, 0.25) is 0 Å². The summed E-state index contributed by atoms with van der Waals surface area (Å²) in [4.78, 5) is 19.6. The van der Waals surface area contributed by atoms with Crippen LogP contribution in [-0.2, 0) is 0 Å². The van der Waals surface area contributed by atoms with Gasteiger partial charge >= 0.3 is 0 Å². The van der Waals surface area contributed by atoms with Crippen molar-refractivity contribution in [1.29, 1.82) is 0 Å². The number of para-hydroxylation sites is 3. The quantitative estimate of drug-likeness (QED) is 0.226. The molecular formula is C34H20N4OS. The molecule has 188 valence electrons. The molecule has 0 aliphatic carbocycles. The van der Waals surface area contributed by atoms with Crippen molar-refractivity contribution in [2.75, 3.05) is 0 Å². The summed E-state index contributed by atoms with van der Waals surface area (Å²) in [5, 5.41) is 2.98. The van der Waals surface area contributed by atoms with Crippen molar-refractivity contribution in [3.63, 3.8) is 0 Å². The fourth-order valence-electron chi connectivity index (χ4n) is 5.08. The van der Waals surface area contributed by atoms with Gasteiger partial charge in [0.1, 0.15) is 16.2 Å². The van der Waals surface area contributed by atoms with E-state index in [2.05, 4.69) is 30.3 Å². The maximum Gasteiger partial charge on any atom is 0.167 e. The third-order valence-electron chi connectivity index (χ3n) is 6.99. The van der Waals surface area contributed by atoms with Gasteiger partial charge in [0.15, 0.2) is 17.5 Å². The number of nitrogens with zero attached hydrogens (tertiary/aromatic N) is 4. The first-order chi connectivity index (χ1) is 19.8. The summed E-state index contributed by atoms with van der Waals surface area (Å²) >= 11 is 1.67. The monoisotopic (exact) mass is 532 g/mol. The lowest BCUT2D eigenvalue weighted by Crippen LogP contribution is -2.00. The number of thiazole rings is 1. The summed E-state index contributed by atoms with van der Waals surface area (Å²) in [6, 6.07) is 40.6. The highest BCUT2D eigenvalue weighted by Crippen LogP contribution is 2.41. The van der Waals surface area contributed by atoms with Crippen molar-refractivity contribution in [2.24, 2.45) is 0 Å². The summed E-state index contributed by atoms with van der Waals surface area (Å²) in [5.74, 6) is 1.80. The third-order valence-corrected chi connectivity index (χ3v) is 8.06. The second-order valence-electron chi connectivity index (χ2n) is 9.49. The highest BCUT2D eigenvalue weighted by Gasteiger charge is 2.20. The van der Waals surface area contributed by atoms with Crippen LogP contribution in [0.5, 0.6) is 0 Å². The molecule has 0 saturated heterocycles. The van der Waals surface area contributed by atoms with Gasteiger partial charge in [0, 0.05) is 21.9 Å². The molecule has 3 heterocycles. The molecule has 6 heteroatoms. The Morgan fingerprint density at radius 1 is 0.450 bits per heavy atom. The lowest BCUT2D eigenvalue weighted by Gasteiger charge is -2.08. The Morgan fingerprint density at radius 3 is 1.65 bits per heavy atom. The van der Waals surface area contributed by atoms with E-state index < -0.39 is 0 Å². The van der Waals surface area contributed by atoms with Crippen molar-refractivity contribution in [3.8, 4) is 44.7 Å². The number of hydrogen-bond acceptors (Lipinski definition) is 6. The van der Waals surface area contributed by atoms with Crippen LogP contribution in [0, 0.1) is 0 Å². The number of furan rings is 1. The van der Waals surface area contributed by atoms with Gasteiger partial charge in [-0.1, -0.05) is 97.1 Å². The molecule has 40 heavy (non-hydrogen) atoms. The van der Waals surface area contributed by atoms with Crippen molar-refractivity contribution < 1.29 is 4.42 Å². The minimum atomic E-state index is 0.568. The first-order valence-electron chi connectivity index (χ1n) is 13.0. The molecule has 0 N–H and O–H groups in total. The van der Waals surface area contributed by atoms with E-state index in [0.717, 1.165) is 59.4 Å². The summed E-state index contributed by atoms with van der Waals surface area (Å²) in [5.41, 5.74) is 6.20. The van der Waals surface area contributed by atoms with Crippen LogP contribution in [0.4, 0.5) is 0 Å². The third kappa shape index (κ3) is 3.77. The topological polar surface area (TPSA) is 64.7 Å². The molecule has 0 radical (unpaired) electrons. The lowest BCUT2D eigenvalue weighted by molar-refractivity contribution is 0.670. The number of hydrogen-bond donors (Lipinski definition) is 0. The summed E-state index contributed by atoms with van der Waals surface area (Å²) in [6.45, 7) is 0. The number of fused-ring (bicyclic) bond motifs is 4. The van der Waals surface area contributed by atoms with Crippen LogP contribution in [0.1, 0.15) is 0 Å². The molecular weight excluding hydrogens is 512 g/mol. The summed E-state index contributed by atoms with van der Waals surface area (Å²) < 4.78 is 7.83. The first kappa shape index (κ1) is 22.8. The molecule has 0 unspecified atom stereocenters. The number of aromatic nitrogens is 4. The summed E-state index contributed by atoms with van der Waals surface area (Å²) in [7, 11) is 0. The predicted octanol–water partition coefficient (Wildman–Crippen LogP) is 9.05. The van der Waals surface area contributed by atoms with Crippen molar-refractivity contribution >= 4 is 43.5 Å². The molecule has 3 aromatic heterocycles. The van der Waals surface area contributed by atoms with E-state index in [-0.39, 0.29) is 0 Å². The molecule has 0 aliphatic heterocycles. The van der Waals surface area contributed by atoms with Gasteiger partial charge in [-0.3, -0.25) is 0 Å². The SMILES string of the molecule is c1ccc(-c2nc(-c3ccccc3)nc(-c3cccc4c3oc3c(-c5nc6ccccc6s5)cccc34)n2)cc1. The number of benzene rings is 5. The van der Waals surface area contributed by atoms with Crippen molar-refractivity contribution in [1.82, 2.24) is 19.9 Å². The van der Waals surface area contributed by atoms with Crippen LogP contribution in [-0.4, -0.2) is 19.9 Å². The molecule has 0 atom stereocenters. The van der Waals surface area contributed by atoms with Gasteiger partial charge in [0.25, 0.3) is 0 Å². The van der Waals surface area contributed by atoms with E-state index >= 15 is 0 Å². The molecule has 0 amide bonds. The van der Waals surface area contributed by atoms with Crippen molar-refractivity contribution in [2.45, 2.75) is 0 Å². The fraction of sp³-hybridized carbons (Fsp3) is 0. The Kier molecular flexibility index (Phi) is 5.24. The Morgan fingerprint density at radius 2 is 1.00 bits per heavy atom. The molecule has 0 fully saturated rings. The Balaban J connectivity index is 1.36. The average Bonchev–Trinajstić information content (AvgIpc) is 3.63. The minimum Gasteiger partial charge on any atom is -0.455 e. The molecule has 8 rings (SSSR count). The molecule has 0 bridgehead atoms. The smallest absolute Gasteiger partial charge is 0.167 e. The van der Waals surface area contributed by atoms with Crippen LogP contribution >= 0.6 is 11.3 Å². The van der Waals surface area contributed by atoms with E-state index in [9.17, 15) is 0 Å². The Hall–Kier alpha value is -5.20. The highest BCUT2D eigenvalue weighted by molar-refractivity contribution is 7.21. The number of rotatable bonds is 4. The van der Waals surface area contributed by atoms with E-state index in [4.69, 9.17) is 24.4 Å². The first-order valence-corrected chi connectivity index (χ1v) is 13.8. The zero-order valence-electron chi connectivity index (χ0n) is 21.2. The second-order valence-corrected chi connectivity index (χ2v) is 10.5. The Labute approximate surface area is 233 Å². The molecule has 5 nitrogen and oxygen atoms in total. The van der Waals surface area contributed by atoms with E-state index in [0.29, 0.717) is 17.5 Å². The van der Waals surface area contributed by atoms with Crippen LogP contribution in [0.2, 0.25) is 0 Å². The zero-order valence-corrected chi connectivity index (χ0v) is 22.0. The van der Waals surface area contributed by atoms with Crippen LogP contribution in [0.25, 0.3) is 76.9 Å². The van der Waals surface area contributed by atoms with E-state index in [1.54, 1.807) is 11.3 Å². The van der Waals surface area contributed by atoms with Crippen LogP contribution in [0.3, 0.4) is 0 Å². The highest BCUT2D eigenvalue weighted by atomic mass is 32.1. The minimum absolute atomic E-state index is 0.568. The van der Waals surface area contributed by atoms with E-state index in [1.165, 1.54) is 0 Å². The van der Waals surface area contributed by atoms with Gasteiger partial charge in [-0.15, -0.1) is 11.3 Å². The fourth-order valence-corrected chi connectivity index (χ4v) is 6.07. The molecule has 8 aromatic rings. The summed E-state index contributed by atoms with van der Waals surface area (Å²) in [6.07, 6.45) is 0. The molecule has 0 aliphatic rings. The zero-order chi connectivity index (χ0) is 26.5. The van der Waals surface area contributed by atoms with Gasteiger partial charge in [-0.25, -0.2) is 19.9 Å². The van der Waals surface area contributed by atoms with E-state index in [1.807, 2.05) is 91.0 Å². The maximum absolute atomic E-state index is 6.68. The normalized spacial score (nSPS) is 11.5. The van der Waals surface area contributed by atoms with Crippen LogP contribution in [0.15, 0.2) is 126 Å². The largest absolute Gasteiger partial charge is 0.455 e. The molecule has 0 spiro atoms. The second kappa shape index (κ2) is 9.22. The van der Waals surface area contributed by atoms with Crippen molar-refractivity contribution in [3.05, 3.63) is 121 Å². The van der Waals surface area contributed by atoms with Gasteiger partial charge in [-0.2, -0.15) is 0 Å². The Bertz CT molecular complexity index is 2080. The van der Waals surface area contributed by atoms with Gasteiger partial charge in [0.05, 0.1) is 21.3 Å². The molecule has 5 aromatic carbocycles. The lowest BCUT2D eigenvalue weighted by atomic mass is 10.1. The average molecular weight is 533 g/mol. The van der Waals surface area contributed by atoms with Crippen LogP contribution < -0.4 is 0 Å². The van der Waals surface area contributed by atoms with Gasteiger partial charge in [-0.05, 0) is 24.3 Å². The standard InChI is InChI=1S/C34H20N4OS/c1-3-11-21(12-4-1)31-36-32(22-13-5-2-6-14-22)38-33(37-31)25-17-9-15-23-24-16-10-18-26(30(24)39-29(23)25)34-35-27-19-7-8-20-28(27)40-34/h1-20H. The maximum atomic E-state index is 6.68. The molecule has 0 saturated carbocycles. The van der Waals surface area contributed by atoms with Gasteiger partial charge < -0.3 is 4.42 Å².